The van der Waals surface area contributed by atoms with Crippen LogP contribution in [0.1, 0.15) is 36.5 Å². The highest BCUT2D eigenvalue weighted by Gasteiger charge is 2.34. The van der Waals surface area contributed by atoms with E-state index in [0.717, 1.165) is 30.3 Å². The van der Waals surface area contributed by atoms with E-state index in [-0.39, 0.29) is 17.7 Å². The summed E-state index contributed by atoms with van der Waals surface area (Å²) in [5.74, 6) is -0.520. The van der Waals surface area contributed by atoms with E-state index in [1.807, 2.05) is 24.4 Å². The van der Waals surface area contributed by atoms with Crippen LogP contribution in [-0.4, -0.2) is 22.9 Å². The van der Waals surface area contributed by atoms with Crippen molar-refractivity contribution in [2.75, 3.05) is 6.61 Å². The van der Waals surface area contributed by atoms with Gasteiger partial charge in [0.25, 0.3) is 0 Å². The minimum Gasteiger partial charge on any atom is -0.462 e. The Hall–Kier alpha value is -2.61. The smallest absolute Gasteiger partial charge is 0.338 e. The second kappa shape index (κ2) is 6.88. The summed E-state index contributed by atoms with van der Waals surface area (Å²) in [4.78, 5) is 23.5. The van der Waals surface area contributed by atoms with Crippen LogP contribution in [0.15, 0.2) is 30.5 Å². The number of nitriles is 1. The lowest BCUT2D eigenvalue weighted by atomic mass is 9.94. The Morgan fingerprint density at radius 1 is 1.42 bits per heavy atom. The number of Topliss-reactive ketones (excluding diaryl/α,β-unsaturated/α-hetero) is 1. The van der Waals surface area contributed by atoms with Crippen molar-refractivity contribution in [3.05, 3.63) is 36.0 Å². The number of hydrogen-bond acceptors (Lipinski definition) is 4. The Bertz CT molecular complexity index is 816. The number of esters is 1. The lowest BCUT2D eigenvalue weighted by Crippen LogP contribution is -2.14. The predicted octanol–water partition coefficient (Wildman–Crippen LogP) is 3.33. The highest BCUT2D eigenvalue weighted by Crippen LogP contribution is 2.31. The van der Waals surface area contributed by atoms with Crippen LogP contribution in [0.4, 0.5) is 0 Å². The van der Waals surface area contributed by atoms with Crippen LogP contribution in [0.5, 0.6) is 0 Å². The van der Waals surface area contributed by atoms with E-state index in [2.05, 4.69) is 10.6 Å². The molecule has 1 saturated carbocycles. The van der Waals surface area contributed by atoms with Crippen LogP contribution in [0, 0.1) is 23.2 Å². The summed E-state index contributed by atoms with van der Waals surface area (Å²) >= 11 is 0. The molecule has 5 nitrogen and oxygen atoms in total. The van der Waals surface area contributed by atoms with E-state index in [1.165, 1.54) is 0 Å². The molecule has 1 aromatic heterocycles. The predicted molar refractivity (Wildman–Crippen MR) is 89.3 cm³/mol. The molecular weight excluding hydrogens is 304 g/mol. The van der Waals surface area contributed by atoms with Crippen LogP contribution in [0.3, 0.4) is 0 Å². The summed E-state index contributed by atoms with van der Waals surface area (Å²) in [5, 5.41) is 10.1. The Morgan fingerprint density at radius 2 is 2.25 bits per heavy atom. The van der Waals surface area contributed by atoms with Gasteiger partial charge >= 0.3 is 5.97 Å². The first-order valence-corrected chi connectivity index (χ1v) is 8.32. The van der Waals surface area contributed by atoms with Crippen molar-refractivity contribution in [1.29, 1.82) is 5.26 Å². The number of aromatic nitrogens is 1. The molecular formula is C19H20N2O3. The zero-order valence-corrected chi connectivity index (χ0v) is 13.7. The maximum absolute atomic E-state index is 11.8. The summed E-state index contributed by atoms with van der Waals surface area (Å²) in [5.41, 5.74) is 1.59. The molecule has 0 N–H and O–H groups in total. The van der Waals surface area contributed by atoms with Crippen LogP contribution in [-0.2, 0) is 16.1 Å². The Kier molecular flexibility index (Phi) is 4.66. The monoisotopic (exact) mass is 324 g/mol. The zero-order valence-electron chi connectivity index (χ0n) is 13.7. The standard InChI is InChI=1S/C19H20N2O3/c1-2-24-19(23)15-3-5-17-14(11-15)8-10-21(17)9-7-13-4-6-18(22)16(13)12-20/h3,5,8,10-11,13,16H,2,4,6-7,9H2,1H3. The van der Waals surface area contributed by atoms with E-state index in [4.69, 9.17) is 10.00 Å². The first kappa shape index (κ1) is 16.3. The number of aryl methyl sites for hydroxylation is 1. The third-order valence-corrected chi connectivity index (χ3v) is 4.74. The second-order valence-corrected chi connectivity index (χ2v) is 6.16. The summed E-state index contributed by atoms with van der Waals surface area (Å²) in [7, 11) is 0. The molecule has 124 valence electrons. The molecule has 1 fully saturated rings. The van der Waals surface area contributed by atoms with Gasteiger partial charge in [-0.3, -0.25) is 4.79 Å². The maximum atomic E-state index is 11.8. The average Bonchev–Trinajstić information content (AvgIpc) is 3.15. The van der Waals surface area contributed by atoms with Gasteiger partial charge in [0.2, 0.25) is 0 Å². The molecule has 0 bridgehead atoms. The fraction of sp³-hybridized carbons (Fsp3) is 0.421. The van der Waals surface area contributed by atoms with Gasteiger partial charge in [-0.1, -0.05) is 0 Å². The van der Waals surface area contributed by atoms with Gasteiger partial charge in [0.1, 0.15) is 11.7 Å². The largest absolute Gasteiger partial charge is 0.462 e. The third-order valence-electron chi connectivity index (χ3n) is 4.74. The normalized spacial score (nSPS) is 20.2. The number of fused-ring (bicyclic) bond motifs is 1. The molecule has 1 aliphatic rings. The molecule has 0 aliphatic heterocycles. The molecule has 1 aliphatic carbocycles. The van der Waals surface area contributed by atoms with Crippen molar-refractivity contribution in [3.63, 3.8) is 0 Å². The number of carbonyl (C=O) groups is 2. The first-order chi connectivity index (χ1) is 11.6. The van der Waals surface area contributed by atoms with Gasteiger partial charge in [-0.2, -0.15) is 5.26 Å². The fourth-order valence-corrected chi connectivity index (χ4v) is 3.44. The van der Waals surface area contributed by atoms with Crippen molar-refractivity contribution < 1.29 is 14.3 Å². The van der Waals surface area contributed by atoms with Crippen LogP contribution in [0.25, 0.3) is 10.9 Å². The molecule has 1 heterocycles. The molecule has 1 aromatic carbocycles. The molecule has 0 saturated heterocycles. The Labute approximate surface area is 140 Å². The zero-order chi connectivity index (χ0) is 17.1. The molecule has 0 radical (unpaired) electrons. The molecule has 0 amide bonds. The van der Waals surface area contributed by atoms with Crippen molar-refractivity contribution in [2.45, 2.75) is 32.7 Å². The SMILES string of the molecule is CCOC(=O)c1ccc2c(ccn2CCC2CCC(=O)C2C#N)c1. The molecule has 24 heavy (non-hydrogen) atoms. The molecule has 0 spiro atoms. The number of nitrogens with zero attached hydrogens (tertiary/aromatic N) is 2. The summed E-state index contributed by atoms with van der Waals surface area (Å²) in [6.07, 6.45) is 4.13. The van der Waals surface area contributed by atoms with Crippen LogP contribution >= 0.6 is 0 Å². The van der Waals surface area contributed by atoms with E-state index < -0.39 is 5.92 Å². The van der Waals surface area contributed by atoms with Crippen molar-refractivity contribution in [2.24, 2.45) is 11.8 Å². The van der Waals surface area contributed by atoms with Gasteiger partial charge in [-0.05, 0) is 49.9 Å². The number of carbonyl (C=O) groups excluding carboxylic acids is 2. The minimum absolute atomic E-state index is 0.0824. The minimum atomic E-state index is -0.442. The highest BCUT2D eigenvalue weighted by molar-refractivity contribution is 5.94. The third kappa shape index (κ3) is 3.05. The number of hydrogen-bond donors (Lipinski definition) is 0. The lowest BCUT2D eigenvalue weighted by molar-refractivity contribution is -0.119. The molecule has 2 aromatic rings. The maximum Gasteiger partial charge on any atom is 0.338 e. The van der Waals surface area contributed by atoms with Gasteiger partial charge in [0.15, 0.2) is 0 Å². The van der Waals surface area contributed by atoms with Crippen molar-refractivity contribution in [1.82, 2.24) is 4.57 Å². The highest BCUT2D eigenvalue weighted by atomic mass is 16.5. The molecule has 2 unspecified atom stereocenters. The Balaban J connectivity index is 1.73. The molecule has 2 atom stereocenters. The fourth-order valence-electron chi connectivity index (χ4n) is 3.44. The van der Waals surface area contributed by atoms with E-state index in [0.29, 0.717) is 18.6 Å². The van der Waals surface area contributed by atoms with Crippen LogP contribution < -0.4 is 0 Å². The van der Waals surface area contributed by atoms with Crippen molar-refractivity contribution in [3.8, 4) is 6.07 Å². The second-order valence-electron chi connectivity index (χ2n) is 6.16. The van der Waals surface area contributed by atoms with E-state index in [1.54, 1.807) is 13.0 Å². The topological polar surface area (TPSA) is 72.1 Å². The average molecular weight is 324 g/mol. The van der Waals surface area contributed by atoms with Crippen LogP contribution in [0.2, 0.25) is 0 Å². The summed E-state index contributed by atoms with van der Waals surface area (Å²) < 4.78 is 7.14. The number of ether oxygens (including phenoxy) is 1. The molecule has 5 heteroatoms. The lowest BCUT2D eigenvalue weighted by Gasteiger charge is -2.13. The van der Waals surface area contributed by atoms with Gasteiger partial charge < -0.3 is 9.30 Å². The molecule has 3 rings (SSSR count). The Morgan fingerprint density at radius 3 is 3.00 bits per heavy atom. The van der Waals surface area contributed by atoms with E-state index >= 15 is 0 Å². The number of benzene rings is 1. The van der Waals surface area contributed by atoms with Gasteiger partial charge in [-0.15, -0.1) is 0 Å². The van der Waals surface area contributed by atoms with Gasteiger partial charge in [0.05, 0.1) is 18.2 Å². The van der Waals surface area contributed by atoms with Gasteiger partial charge in [0, 0.05) is 30.1 Å². The first-order valence-electron chi connectivity index (χ1n) is 8.32. The van der Waals surface area contributed by atoms with E-state index in [9.17, 15) is 9.59 Å². The summed E-state index contributed by atoms with van der Waals surface area (Å²) in [6.45, 7) is 2.91. The summed E-state index contributed by atoms with van der Waals surface area (Å²) in [6, 6.07) is 9.65. The number of rotatable bonds is 5. The van der Waals surface area contributed by atoms with Crippen molar-refractivity contribution >= 4 is 22.7 Å². The number of ketones is 1. The quantitative estimate of drug-likeness (QED) is 0.791. The van der Waals surface area contributed by atoms with Gasteiger partial charge in [-0.25, -0.2) is 4.79 Å².